The normalized spacial score (nSPS) is 12.0. The number of hydrogen-bond acceptors (Lipinski definition) is 8. The van der Waals surface area contributed by atoms with Crippen LogP contribution in [-0.4, -0.2) is 33.5 Å². The third-order valence-electron chi connectivity index (χ3n) is 3.82. The highest BCUT2D eigenvalue weighted by atomic mass is 32.1. The average Bonchev–Trinajstić information content (AvgIpc) is 2.99. The first-order valence-corrected chi connectivity index (χ1v) is 9.06. The number of fused-ring (bicyclic) bond motifs is 1. The molecule has 0 bridgehead atoms. The van der Waals surface area contributed by atoms with E-state index >= 15 is 0 Å². The zero-order valence-corrected chi connectivity index (χ0v) is 15.8. The summed E-state index contributed by atoms with van der Waals surface area (Å²) in [6.45, 7) is 5.22. The number of carbonyl (C=O) groups is 2. The van der Waals surface area contributed by atoms with E-state index in [1.807, 2.05) is 0 Å². The average molecular weight is 387 g/mol. The molecule has 3 aromatic rings. The van der Waals surface area contributed by atoms with E-state index in [1.54, 1.807) is 32.9 Å². The lowest BCUT2D eigenvalue weighted by molar-refractivity contribution is 0.0312. The van der Waals surface area contributed by atoms with Crippen LogP contribution in [0.25, 0.3) is 10.2 Å². The minimum Gasteiger partial charge on any atom is -0.462 e. The highest BCUT2D eigenvalue weighted by molar-refractivity contribution is 7.20. The van der Waals surface area contributed by atoms with Gasteiger partial charge in [-0.05, 0) is 38.5 Å². The van der Waals surface area contributed by atoms with E-state index in [1.165, 1.54) is 12.3 Å². The molecule has 0 aliphatic carbocycles. The van der Waals surface area contributed by atoms with Crippen LogP contribution in [0.4, 0.5) is 0 Å². The van der Waals surface area contributed by atoms with E-state index in [9.17, 15) is 14.4 Å². The number of H-pyrrole nitrogens is 1. The summed E-state index contributed by atoms with van der Waals surface area (Å²) in [4.78, 5) is 48.3. The number of aromatic nitrogens is 3. The van der Waals surface area contributed by atoms with Crippen molar-refractivity contribution >= 4 is 33.5 Å². The number of rotatable bonds is 5. The van der Waals surface area contributed by atoms with Gasteiger partial charge in [0.05, 0.1) is 12.0 Å². The highest BCUT2D eigenvalue weighted by Crippen LogP contribution is 2.28. The molecule has 1 N–H and O–H groups in total. The summed E-state index contributed by atoms with van der Waals surface area (Å²) in [7, 11) is 0. The maximum Gasteiger partial charge on any atom is 0.357 e. The predicted molar refractivity (Wildman–Crippen MR) is 99.0 cm³/mol. The molecule has 0 amide bonds. The van der Waals surface area contributed by atoms with Gasteiger partial charge in [-0.25, -0.2) is 19.6 Å². The molecule has 3 rings (SSSR count). The van der Waals surface area contributed by atoms with Crippen LogP contribution in [0.2, 0.25) is 0 Å². The summed E-state index contributed by atoms with van der Waals surface area (Å²) >= 11 is 1.07. The summed E-state index contributed by atoms with van der Waals surface area (Å²) in [5.74, 6) is -0.928. The van der Waals surface area contributed by atoms with E-state index in [2.05, 4.69) is 15.0 Å². The molecule has 0 saturated heterocycles. The predicted octanol–water partition coefficient (Wildman–Crippen LogP) is 2.78. The monoisotopic (exact) mass is 387 g/mol. The molecule has 140 valence electrons. The number of pyridine rings is 1. The summed E-state index contributed by atoms with van der Waals surface area (Å²) in [6, 6.07) is 4.89. The molecule has 27 heavy (non-hydrogen) atoms. The Kier molecular flexibility index (Phi) is 5.31. The van der Waals surface area contributed by atoms with Gasteiger partial charge in [0.25, 0.3) is 5.56 Å². The lowest BCUT2D eigenvalue weighted by Crippen LogP contribution is -2.17. The van der Waals surface area contributed by atoms with Crippen LogP contribution in [0.5, 0.6) is 0 Å². The topological polar surface area (TPSA) is 111 Å². The first-order valence-electron chi connectivity index (χ1n) is 8.24. The number of ether oxygens (including phenoxy) is 2. The van der Waals surface area contributed by atoms with E-state index in [-0.39, 0.29) is 18.1 Å². The van der Waals surface area contributed by atoms with Crippen molar-refractivity contribution in [2.75, 3.05) is 6.61 Å². The Hall–Kier alpha value is -3.07. The lowest BCUT2D eigenvalue weighted by Gasteiger charge is -2.12. The van der Waals surface area contributed by atoms with Gasteiger partial charge >= 0.3 is 11.9 Å². The molecule has 0 saturated carbocycles. The van der Waals surface area contributed by atoms with Crippen molar-refractivity contribution in [3.05, 3.63) is 56.7 Å². The zero-order valence-electron chi connectivity index (χ0n) is 14.9. The third-order valence-corrected chi connectivity index (χ3v) is 4.99. The second kappa shape index (κ2) is 7.67. The van der Waals surface area contributed by atoms with E-state index < -0.39 is 23.6 Å². The smallest absolute Gasteiger partial charge is 0.357 e. The van der Waals surface area contributed by atoms with Crippen molar-refractivity contribution in [2.24, 2.45) is 0 Å². The molecule has 0 fully saturated rings. The minimum absolute atomic E-state index is 0.157. The summed E-state index contributed by atoms with van der Waals surface area (Å²) in [6.07, 6.45) is 0.684. The summed E-state index contributed by atoms with van der Waals surface area (Å²) in [5, 5.41) is 0.329. The van der Waals surface area contributed by atoms with Crippen LogP contribution >= 0.6 is 11.3 Å². The Bertz CT molecular complexity index is 1060. The maximum absolute atomic E-state index is 12.5. The summed E-state index contributed by atoms with van der Waals surface area (Å²) in [5.41, 5.74) is 0.274. The zero-order chi connectivity index (χ0) is 19.6. The Morgan fingerprint density at radius 1 is 1.30 bits per heavy atom. The lowest BCUT2D eigenvalue weighted by atomic mass is 10.2. The largest absolute Gasteiger partial charge is 0.462 e. The van der Waals surface area contributed by atoms with Gasteiger partial charge in [0.1, 0.15) is 15.4 Å². The van der Waals surface area contributed by atoms with Crippen molar-refractivity contribution < 1.29 is 19.1 Å². The van der Waals surface area contributed by atoms with Crippen LogP contribution in [0.15, 0.2) is 29.2 Å². The van der Waals surface area contributed by atoms with Crippen LogP contribution in [0.3, 0.4) is 0 Å². The quantitative estimate of drug-likeness (QED) is 0.670. The molecule has 0 radical (unpaired) electrons. The van der Waals surface area contributed by atoms with Gasteiger partial charge in [0, 0.05) is 6.20 Å². The standard InChI is InChI=1S/C18H17N3O5S/c1-4-25-18(24)13-9(2)12-15(22)20-14(21-16(12)27-13)10(3)26-17(23)11-7-5-6-8-19-11/h5-8,10H,4H2,1-3H3,(H,20,21,22)/t10-/m1/s1. The molecular formula is C18H17N3O5S. The molecular weight excluding hydrogens is 370 g/mol. The molecule has 0 unspecified atom stereocenters. The van der Waals surface area contributed by atoms with E-state index in [4.69, 9.17) is 9.47 Å². The third kappa shape index (κ3) is 3.72. The molecule has 3 aromatic heterocycles. The van der Waals surface area contributed by atoms with Crippen molar-refractivity contribution in [3.63, 3.8) is 0 Å². The van der Waals surface area contributed by atoms with Gasteiger partial charge < -0.3 is 14.5 Å². The number of thiophene rings is 1. The number of hydrogen-bond donors (Lipinski definition) is 1. The second-order valence-corrected chi connectivity index (χ2v) is 6.67. The molecule has 0 aliphatic rings. The molecule has 0 aromatic carbocycles. The number of esters is 2. The van der Waals surface area contributed by atoms with Gasteiger partial charge in [0.2, 0.25) is 0 Å². The molecule has 3 heterocycles. The van der Waals surface area contributed by atoms with Gasteiger partial charge in [-0.15, -0.1) is 11.3 Å². The van der Waals surface area contributed by atoms with Gasteiger partial charge in [-0.3, -0.25) is 4.79 Å². The molecule has 0 spiro atoms. The Labute approximate surface area is 158 Å². The maximum atomic E-state index is 12.5. The fourth-order valence-electron chi connectivity index (χ4n) is 2.50. The van der Waals surface area contributed by atoms with Crippen molar-refractivity contribution in [1.82, 2.24) is 15.0 Å². The molecule has 0 aliphatic heterocycles. The molecule has 9 heteroatoms. The second-order valence-electron chi connectivity index (χ2n) is 5.67. The SMILES string of the molecule is CCOC(=O)c1sc2nc([C@@H](C)OC(=O)c3ccccn3)[nH]c(=O)c2c1C. The van der Waals surface area contributed by atoms with Crippen molar-refractivity contribution in [1.29, 1.82) is 0 Å². The van der Waals surface area contributed by atoms with Crippen LogP contribution in [0.1, 0.15) is 51.5 Å². The fraction of sp³-hybridized carbons (Fsp3) is 0.278. The van der Waals surface area contributed by atoms with Gasteiger partial charge in [-0.1, -0.05) is 6.07 Å². The van der Waals surface area contributed by atoms with Crippen LogP contribution in [0, 0.1) is 6.92 Å². The fourth-order valence-corrected chi connectivity index (χ4v) is 3.59. The van der Waals surface area contributed by atoms with E-state index in [0.29, 0.717) is 20.7 Å². The minimum atomic E-state index is -0.801. The Morgan fingerprint density at radius 2 is 2.07 bits per heavy atom. The molecule has 8 nitrogen and oxygen atoms in total. The van der Waals surface area contributed by atoms with Gasteiger partial charge in [-0.2, -0.15) is 0 Å². The number of nitrogens with zero attached hydrogens (tertiary/aromatic N) is 2. The van der Waals surface area contributed by atoms with Crippen LogP contribution in [-0.2, 0) is 9.47 Å². The molecule has 1 atom stereocenters. The van der Waals surface area contributed by atoms with Crippen molar-refractivity contribution in [3.8, 4) is 0 Å². The van der Waals surface area contributed by atoms with E-state index in [0.717, 1.165) is 11.3 Å². The highest BCUT2D eigenvalue weighted by Gasteiger charge is 2.22. The Balaban J connectivity index is 1.92. The Morgan fingerprint density at radius 3 is 2.74 bits per heavy atom. The number of nitrogens with one attached hydrogen (secondary N) is 1. The first kappa shape index (κ1) is 18.7. The number of carbonyl (C=O) groups excluding carboxylic acids is 2. The van der Waals surface area contributed by atoms with Gasteiger partial charge in [0.15, 0.2) is 11.9 Å². The number of aromatic amines is 1. The first-order chi connectivity index (χ1) is 12.9. The summed E-state index contributed by atoms with van der Waals surface area (Å²) < 4.78 is 10.3. The van der Waals surface area contributed by atoms with Crippen molar-refractivity contribution in [2.45, 2.75) is 26.9 Å². The number of aryl methyl sites for hydroxylation is 1. The van der Waals surface area contributed by atoms with Crippen LogP contribution < -0.4 is 5.56 Å².